The minimum Gasteiger partial charge on any atom is -0.399 e. The van der Waals surface area contributed by atoms with Crippen LogP contribution in [0.1, 0.15) is 27.7 Å². The summed E-state index contributed by atoms with van der Waals surface area (Å²) in [6.45, 7) is 8.32. The van der Waals surface area contributed by atoms with Crippen LogP contribution in [0.3, 0.4) is 0 Å². The Labute approximate surface area is 523 Å². The molecule has 0 radical (unpaired) electrons. The first-order valence-corrected chi connectivity index (χ1v) is 30.6. The summed E-state index contributed by atoms with van der Waals surface area (Å²) in [5.74, 6) is 1.66. The van der Waals surface area contributed by atoms with Crippen LogP contribution < -0.4 is 5.46 Å². The fraction of sp³-hybridized carbons (Fsp3) is 0.0759. The third-order valence-corrected chi connectivity index (χ3v) is 18.4. The molecule has 7 aromatic heterocycles. The second-order valence-corrected chi connectivity index (χ2v) is 24.2. The van der Waals surface area contributed by atoms with Gasteiger partial charge in [-0.25, -0.2) is 24.9 Å². The third kappa shape index (κ3) is 8.93. The van der Waals surface area contributed by atoms with Gasteiger partial charge in [-0.3, -0.25) is 19.9 Å². The van der Waals surface area contributed by atoms with Gasteiger partial charge < -0.3 is 9.31 Å². The van der Waals surface area contributed by atoms with Crippen LogP contribution in [0.2, 0.25) is 0 Å². The molecule has 0 unspecified atom stereocenters. The molecular formula is C79H54BN9O2. The van der Waals surface area contributed by atoms with Crippen LogP contribution in [-0.2, 0) is 9.31 Å². The minimum absolute atomic E-state index is 0.415. The van der Waals surface area contributed by atoms with Crippen molar-refractivity contribution in [2.24, 2.45) is 0 Å². The molecule has 11 nitrogen and oxygen atoms in total. The van der Waals surface area contributed by atoms with Gasteiger partial charge in [-0.05, 0) is 115 Å². The van der Waals surface area contributed by atoms with Crippen molar-refractivity contribution in [3.8, 4) is 56.7 Å². The summed E-state index contributed by atoms with van der Waals surface area (Å²) in [7, 11) is -0.462. The average molecular weight is 1170 g/mol. The normalized spacial score (nSPS) is 13.8. The largest absolute Gasteiger partial charge is 0.495 e. The van der Waals surface area contributed by atoms with E-state index < -0.39 is 18.3 Å². The van der Waals surface area contributed by atoms with Crippen molar-refractivity contribution in [2.45, 2.75) is 38.9 Å². The highest BCUT2D eigenvalue weighted by atomic mass is 16.7. The molecule has 8 heterocycles. The van der Waals surface area contributed by atoms with Crippen molar-refractivity contribution in [1.82, 2.24) is 44.9 Å². The topological polar surface area (TPSA) is 134 Å². The molecule has 1 aliphatic heterocycles. The summed E-state index contributed by atoms with van der Waals surface area (Å²) in [5.41, 5.74) is 11.9. The zero-order valence-electron chi connectivity index (χ0n) is 50.2. The maximum absolute atomic E-state index is 6.41. The molecule has 0 bridgehead atoms. The Hall–Kier alpha value is -11.3. The Kier molecular flexibility index (Phi) is 12.6. The quantitative estimate of drug-likeness (QED) is 0.116. The van der Waals surface area contributed by atoms with Gasteiger partial charge in [0.05, 0.1) is 55.7 Å². The zero-order chi connectivity index (χ0) is 61.0. The smallest absolute Gasteiger partial charge is 0.399 e. The Bertz CT molecular complexity index is 5700. The number of pyridine rings is 6. The van der Waals surface area contributed by atoms with Crippen LogP contribution in [-0.4, -0.2) is 63.2 Å². The molecule has 1 saturated heterocycles. The standard InChI is InChI=1S/C47H27N7.C32H27BN2O2/c1-2-11-29-28(10-1)21-22-37-42(29)36-12-3-4-18-41(36)51-44(37)38-24-23-35(32-17-9-27-50-43(32)38)47-53-45(33-13-5-19-39-30(33)15-7-25-48-39)52-46(54-47)34-14-6-20-40-31(34)16-8-26-49-40;1-31(2)32(3,4)37-33(36-31)26-18-17-25(29-22(26)13-9-19-34-29)30-24-16-15-20-10-5-6-11-21(20)28(24)23-12-7-8-14-27(23)35-30/h1-27H;5-19H,1-4H3. The Balaban J connectivity index is 0.000000150. The number of para-hydroxylation sites is 2. The first-order chi connectivity index (χ1) is 44.6. The van der Waals surface area contributed by atoms with Crippen molar-refractivity contribution >= 4 is 121 Å². The fourth-order valence-corrected chi connectivity index (χ4v) is 13.3. The molecule has 12 heteroatoms. The van der Waals surface area contributed by atoms with Crippen molar-refractivity contribution in [3.05, 3.63) is 255 Å². The molecule has 0 spiro atoms. The van der Waals surface area contributed by atoms with Crippen LogP contribution in [0.4, 0.5) is 0 Å². The molecule has 10 aromatic carbocycles. The molecule has 0 aliphatic carbocycles. The van der Waals surface area contributed by atoms with Gasteiger partial charge in [-0.1, -0.05) is 170 Å². The molecule has 1 aliphatic rings. The summed E-state index contributed by atoms with van der Waals surface area (Å²) < 4.78 is 12.8. The van der Waals surface area contributed by atoms with Crippen LogP contribution in [0.5, 0.6) is 0 Å². The van der Waals surface area contributed by atoms with Crippen LogP contribution in [0, 0.1) is 0 Å². The maximum atomic E-state index is 6.41. The lowest BCUT2D eigenvalue weighted by Crippen LogP contribution is -2.41. The predicted molar refractivity (Wildman–Crippen MR) is 371 cm³/mol. The van der Waals surface area contributed by atoms with Crippen molar-refractivity contribution in [3.63, 3.8) is 0 Å². The van der Waals surface area contributed by atoms with E-state index in [0.29, 0.717) is 17.5 Å². The van der Waals surface area contributed by atoms with E-state index in [2.05, 4.69) is 195 Å². The van der Waals surface area contributed by atoms with Crippen molar-refractivity contribution < 1.29 is 9.31 Å². The number of aromatic nitrogens is 9. The first kappa shape index (κ1) is 53.9. The van der Waals surface area contributed by atoms with E-state index in [1.54, 1.807) is 12.4 Å². The highest BCUT2D eigenvalue weighted by Gasteiger charge is 2.52. The van der Waals surface area contributed by atoms with Gasteiger partial charge in [-0.2, -0.15) is 0 Å². The number of hydrogen-bond acceptors (Lipinski definition) is 11. The zero-order valence-corrected chi connectivity index (χ0v) is 50.2. The van der Waals surface area contributed by atoms with Gasteiger partial charge in [0.15, 0.2) is 17.5 Å². The number of nitrogens with zero attached hydrogens (tertiary/aromatic N) is 9. The predicted octanol–water partition coefficient (Wildman–Crippen LogP) is 18.1. The molecule has 0 amide bonds. The lowest BCUT2D eigenvalue weighted by Gasteiger charge is -2.32. The molecule has 1 fully saturated rings. The third-order valence-electron chi connectivity index (χ3n) is 18.4. The van der Waals surface area contributed by atoms with Gasteiger partial charge in [-0.15, -0.1) is 0 Å². The summed E-state index contributed by atoms with van der Waals surface area (Å²) in [6.07, 6.45) is 7.29. The Morgan fingerprint density at radius 1 is 0.275 bits per heavy atom. The van der Waals surface area contributed by atoms with E-state index >= 15 is 0 Å². The highest BCUT2D eigenvalue weighted by molar-refractivity contribution is 6.65. The fourth-order valence-electron chi connectivity index (χ4n) is 13.3. The summed E-state index contributed by atoms with van der Waals surface area (Å²) in [4.78, 5) is 45.1. The summed E-state index contributed by atoms with van der Waals surface area (Å²) in [5, 5.41) is 15.6. The molecule has 17 aromatic rings. The molecule has 0 saturated carbocycles. The van der Waals surface area contributed by atoms with E-state index in [0.717, 1.165) is 121 Å². The van der Waals surface area contributed by atoms with Crippen LogP contribution in [0.25, 0.3) is 165 Å². The lowest BCUT2D eigenvalue weighted by atomic mass is 9.76. The first-order valence-electron chi connectivity index (χ1n) is 30.6. The minimum atomic E-state index is -0.462. The maximum Gasteiger partial charge on any atom is 0.495 e. The van der Waals surface area contributed by atoms with E-state index in [1.807, 2.05) is 85.2 Å². The number of rotatable bonds is 6. The van der Waals surface area contributed by atoms with Gasteiger partial charge >= 0.3 is 7.12 Å². The molecule has 430 valence electrons. The second kappa shape index (κ2) is 21.2. The molecule has 18 rings (SSSR count). The van der Waals surface area contributed by atoms with E-state index in [9.17, 15) is 0 Å². The number of hydrogen-bond donors (Lipinski definition) is 0. The highest BCUT2D eigenvalue weighted by Crippen LogP contribution is 2.44. The van der Waals surface area contributed by atoms with E-state index in [1.165, 1.54) is 32.3 Å². The van der Waals surface area contributed by atoms with Crippen LogP contribution in [0.15, 0.2) is 255 Å². The van der Waals surface area contributed by atoms with Crippen LogP contribution >= 0.6 is 0 Å². The number of fused-ring (bicyclic) bond motifs is 14. The second-order valence-electron chi connectivity index (χ2n) is 24.2. The van der Waals surface area contributed by atoms with Gasteiger partial charge in [0.25, 0.3) is 0 Å². The Morgan fingerprint density at radius 2 is 0.659 bits per heavy atom. The molecule has 91 heavy (non-hydrogen) atoms. The SMILES string of the molecule is CC1(C)OB(c2ccc(-c3nc4ccccc4c4c3ccc3ccccc34)c3ncccc23)OC1(C)C.c1ccc2c(c1)ccc1c(-c3ccc(-c4nc(-c5cccc6ncccc56)nc(-c5cccc6ncccc56)n4)c4cccnc34)nc3ccccc3c12. The Morgan fingerprint density at radius 3 is 1.18 bits per heavy atom. The van der Waals surface area contributed by atoms with Gasteiger partial charge in [0.1, 0.15) is 0 Å². The van der Waals surface area contributed by atoms with Gasteiger partial charge in [0.2, 0.25) is 0 Å². The van der Waals surface area contributed by atoms with E-state index in [4.69, 9.17) is 44.2 Å². The van der Waals surface area contributed by atoms with E-state index in [-0.39, 0.29) is 0 Å². The average Bonchev–Trinajstić information content (AvgIpc) is 1.03. The number of benzene rings is 10. The van der Waals surface area contributed by atoms with Crippen molar-refractivity contribution in [1.29, 1.82) is 0 Å². The molecule has 0 atom stereocenters. The molecule has 0 N–H and O–H groups in total. The molecular weight excluding hydrogens is 1120 g/mol. The summed E-state index contributed by atoms with van der Waals surface area (Å²) >= 11 is 0. The summed E-state index contributed by atoms with van der Waals surface area (Å²) in [6, 6.07) is 79.3. The lowest BCUT2D eigenvalue weighted by molar-refractivity contribution is 0.00578. The van der Waals surface area contributed by atoms with Gasteiger partial charge in [0, 0.05) is 106 Å². The monoisotopic (exact) mass is 1170 g/mol. The van der Waals surface area contributed by atoms with Crippen molar-refractivity contribution in [2.75, 3.05) is 0 Å².